The number of para-hydroxylation sites is 1. The van der Waals surface area contributed by atoms with E-state index in [-0.39, 0.29) is 0 Å². The number of benzene rings is 1. The monoisotopic (exact) mass is 266 g/mol. The average Bonchev–Trinajstić information content (AvgIpc) is 2.52. The van der Waals surface area contributed by atoms with Crippen molar-refractivity contribution in [1.29, 1.82) is 0 Å². The van der Waals surface area contributed by atoms with Gasteiger partial charge in [-0.2, -0.15) is 0 Å². The molecule has 19 heavy (non-hydrogen) atoms. The van der Waals surface area contributed by atoms with E-state index in [1.54, 1.807) is 12.1 Å². The summed E-state index contributed by atoms with van der Waals surface area (Å²) in [5.74, 6) is 0.110. The lowest BCUT2D eigenvalue weighted by Gasteiger charge is -2.16. The molecule has 1 N–H and O–H groups in total. The maximum Gasteiger partial charge on any atom is 0.342 e. The van der Waals surface area contributed by atoms with E-state index >= 15 is 0 Å². The van der Waals surface area contributed by atoms with Crippen LogP contribution in [-0.4, -0.2) is 11.1 Å². The molecule has 0 amide bonds. The number of aliphatic hydroxyl groups is 1. The van der Waals surface area contributed by atoms with E-state index in [0.29, 0.717) is 17.7 Å². The van der Waals surface area contributed by atoms with Crippen molar-refractivity contribution >= 4 is 5.97 Å². The van der Waals surface area contributed by atoms with Crippen LogP contribution >= 0.6 is 0 Å². The molecule has 0 bridgehead atoms. The zero-order valence-corrected chi connectivity index (χ0v) is 12.9. The maximum absolute atomic E-state index is 11.1. The summed E-state index contributed by atoms with van der Waals surface area (Å²) in [6, 6.07) is 7.28. The predicted molar refractivity (Wildman–Crippen MR) is 80.5 cm³/mol. The molecule has 1 aliphatic heterocycles. The standard InChI is InChI=1S/C10H8O3.3C2H6/c11-6-8-5-7-3-1-2-4-9(7)13-10(8)12;3*1-2/h1-4,6,11H,5H2;3*1-2H3/b8-6-;;;. The Balaban J connectivity index is 0. The number of hydrogen-bond acceptors (Lipinski definition) is 3. The Morgan fingerprint density at radius 1 is 1.05 bits per heavy atom. The van der Waals surface area contributed by atoms with Crippen LogP contribution in [0, 0.1) is 0 Å². The lowest BCUT2D eigenvalue weighted by molar-refractivity contribution is -0.131. The normalized spacial score (nSPS) is 13.4. The Morgan fingerprint density at radius 3 is 2.11 bits per heavy atom. The van der Waals surface area contributed by atoms with Crippen LogP contribution in [0.4, 0.5) is 0 Å². The van der Waals surface area contributed by atoms with Gasteiger partial charge in [0.2, 0.25) is 0 Å². The Labute approximate surface area is 116 Å². The first kappa shape index (κ1) is 19.6. The van der Waals surface area contributed by atoms with Crippen molar-refractivity contribution in [2.75, 3.05) is 0 Å². The van der Waals surface area contributed by atoms with Gasteiger partial charge in [-0.1, -0.05) is 59.7 Å². The molecule has 0 saturated heterocycles. The molecule has 1 heterocycles. The van der Waals surface area contributed by atoms with E-state index in [1.165, 1.54) is 0 Å². The number of ether oxygens (including phenoxy) is 1. The maximum atomic E-state index is 11.1. The molecule has 0 aromatic heterocycles. The highest BCUT2D eigenvalue weighted by atomic mass is 16.5. The quantitative estimate of drug-likeness (QED) is 0.321. The topological polar surface area (TPSA) is 46.5 Å². The second-order valence-electron chi connectivity index (χ2n) is 2.83. The number of rotatable bonds is 0. The van der Waals surface area contributed by atoms with Gasteiger partial charge >= 0.3 is 5.97 Å². The third kappa shape index (κ3) is 6.09. The van der Waals surface area contributed by atoms with Crippen LogP contribution < -0.4 is 4.74 Å². The summed E-state index contributed by atoms with van der Waals surface area (Å²) in [4.78, 5) is 11.1. The van der Waals surface area contributed by atoms with Gasteiger partial charge in [0.05, 0.1) is 11.8 Å². The fraction of sp³-hybridized carbons (Fsp3) is 0.438. The van der Waals surface area contributed by atoms with Crippen LogP contribution in [0.25, 0.3) is 0 Å². The minimum absolute atomic E-state index is 0.290. The molecule has 2 rings (SSSR count). The molecule has 0 spiro atoms. The third-order valence-corrected chi connectivity index (χ3v) is 1.97. The van der Waals surface area contributed by atoms with Gasteiger partial charge in [-0.25, -0.2) is 4.79 Å². The summed E-state index contributed by atoms with van der Waals surface area (Å²) in [5, 5.41) is 8.72. The van der Waals surface area contributed by atoms with E-state index in [0.717, 1.165) is 11.8 Å². The largest absolute Gasteiger partial charge is 0.515 e. The Hall–Kier alpha value is -1.77. The van der Waals surface area contributed by atoms with Crippen molar-refractivity contribution in [3.8, 4) is 5.75 Å². The van der Waals surface area contributed by atoms with Crippen LogP contribution in [0.1, 0.15) is 47.1 Å². The highest BCUT2D eigenvalue weighted by Gasteiger charge is 2.21. The Morgan fingerprint density at radius 2 is 1.58 bits per heavy atom. The van der Waals surface area contributed by atoms with Gasteiger partial charge in [-0.05, 0) is 11.6 Å². The molecular weight excluding hydrogens is 240 g/mol. The van der Waals surface area contributed by atoms with Crippen molar-refractivity contribution in [1.82, 2.24) is 0 Å². The zero-order chi connectivity index (χ0) is 15.3. The minimum atomic E-state index is -0.471. The molecule has 0 fully saturated rings. The molecular formula is C16H26O3. The van der Waals surface area contributed by atoms with Crippen molar-refractivity contribution < 1.29 is 14.6 Å². The Bertz CT molecular complexity index is 381. The fourth-order valence-electron chi connectivity index (χ4n) is 1.29. The Kier molecular flexibility index (Phi) is 13.1. The number of carbonyl (C=O) groups is 1. The summed E-state index contributed by atoms with van der Waals surface area (Å²) in [7, 11) is 0. The van der Waals surface area contributed by atoms with Gasteiger partial charge in [0.25, 0.3) is 0 Å². The second-order valence-corrected chi connectivity index (χ2v) is 2.83. The van der Waals surface area contributed by atoms with Crippen molar-refractivity contribution in [2.45, 2.75) is 48.0 Å². The molecule has 0 saturated carbocycles. The molecule has 108 valence electrons. The van der Waals surface area contributed by atoms with Gasteiger partial charge in [-0.15, -0.1) is 0 Å². The van der Waals surface area contributed by atoms with Crippen LogP contribution in [-0.2, 0) is 11.2 Å². The highest BCUT2D eigenvalue weighted by Crippen LogP contribution is 2.26. The average molecular weight is 266 g/mol. The molecule has 0 atom stereocenters. The molecule has 0 radical (unpaired) electrons. The number of esters is 1. The highest BCUT2D eigenvalue weighted by molar-refractivity contribution is 5.92. The van der Waals surface area contributed by atoms with Crippen molar-refractivity contribution in [3.63, 3.8) is 0 Å². The molecule has 1 aromatic carbocycles. The van der Waals surface area contributed by atoms with E-state index in [9.17, 15) is 4.79 Å². The second kappa shape index (κ2) is 12.7. The van der Waals surface area contributed by atoms with Crippen molar-refractivity contribution in [3.05, 3.63) is 41.7 Å². The predicted octanol–water partition coefficient (Wildman–Crippen LogP) is 4.67. The SMILES string of the molecule is CC.CC.CC.O=C1Oc2ccccc2C/C1=C/O. The number of aliphatic hydroxyl groups excluding tert-OH is 1. The molecule has 3 nitrogen and oxygen atoms in total. The smallest absolute Gasteiger partial charge is 0.342 e. The number of carbonyl (C=O) groups excluding carboxylic acids is 1. The van der Waals surface area contributed by atoms with E-state index < -0.39 is 5.97 Å². The van der Waals surface area contributed by atoms with Crippen LogP contribution in [0.2, 0.25) is 0 Å². The molecule has 0 aliphatic carbocycles. The summed E-state index contributed by atoms with van der Waals surface area (Å²) in [5.41, 5.74) is 1.21. The lowest BCUT2D eigenvalue weighted by atomic mass is 10.0. The van der Waals surface area contributed by atoms with E-state index in [1.807, 2.05) is 53.7 Å². The molecule has 3 heteroatoms. The van der Waals surface area contributed by atoms with Gasteiger partial charge in [-0.3, -0.25) is 0 Å². The van der Waals surface area contributed by atoms with E-state index in [2.05, 4.69) is 0 Å². The van der Waals surface area contributed by atoms with Crippen LogP contribution in [0.15, 0.2) is 36.1 Å². The van der Waals surface area contributed by atoms with Crippen LogP contribution in [0.5, 0.6) is 5.75 Å². The molecule has 1 aliphatic rings. The van der Waals surface area contributed by atoms with Crippen molar-refractivity contribution in [2.24, 2.45) is 0 Å². The first-order chi connectivity index (χ1) is 9.31. The molecule has 1 aromatic rings. The summed E-state index contributed by atoms with van der Waals surface area (Å²) >= 11 is 0. The number of fused-ring (bicyclic) bond motifs is 1. The van der Waals surface area contributed by atoms with Gasteiger partial charge in [0, 0.05) is 6.42 Å². The molecule has 0 unspecified atom stereocenters. The lowest BCUT2D eigenvalue weighted by Crippen LogP contribution is -2.19. The minimum Gasteiger partial charge on any atom is -0.515 e. The van der Waals surface area contributed by atoms with E-state index in [4.69, 9.17) is 9.84 Å². The summed E-state index contributed by atoms with van der Waals surface area (Å²) < 4.78 is 4.97. The summed E-state index contributed by atoms with van der Waals surface area (Å²) in [6.07, 6.45) is 1.24. The summed E-state index contributed by atoms with van der Waals surface area (Å²) in [6.45, 7) is 12.0. The van der Waals surface area contributed by atoms with Gasteiger partial charge in [0.15, 0.2) is 0 Å². The zero-order valence-electron chi connectivity index (χ0n) is 12.9. The fourth-order valence-corrected chi connectivity index (χ4v) is 1.29. The first-order valence-electron chi connectivity index (χ1n) is 6.94. The van der Waals surface area contributed by atoms with Crippen LogP contribution in [0.3, 0.4) is 0 Å². The first-order valence-corrected chi connectivity index (χ1v) is 6.94. The number of hydrogen-bond donors (Lipinski definition) is 1. The van der Waals surface area contributed by atoms with Gasteiger partial charge < -0.3 is 9.84 Å². The third-order valence-electron chi connectivity index (χ3n) is 1.97. The van der Waals surface area contributed by atoms with Gasteiger partial charge in [0.1, 0.15) is 5.75 Å².